The lowest BCUT2D eigenvalue weighted by molar-refractivity contribution is 0.0531. The van der Waals surface area contributed by atoms with Gasteiger partial charge in [0.15, 0.2) is 0 Å². The van der Waals surface area contributed by atoms with Gasteiger partial charge in [0.25, 0.3) is 11.8 Å². The molecule has 0 bridgehead atoms. The van der Waals surface area contributed by atoms with Crippen LogP contribution in [-0.4, -0.2) is 30.4 Å². The number of carbonyl (C=O) groups excluding carboxylic acids is 3. The first-order chi connectivity index (χ1) is 14.4. The molecule has 0 atom stereocenters. The van der Waals surface area contributed by atoms with E-state index in [4.69, 9.17) is 16.3 Å². The Hall–Kier alpha value is -2.38. The highest BCUT2D eigenvalue weighted by atomic mass is 35.5. The summed E-state index contributed by atoms with van der Waals surface area (Å²) in [7, 11) is 0. The minimum atomic E-state index is -0.501. The van der Waals surface area contributed by atoms with Crippen molar-refractivity contribution in [2.24, 2.45) is 0 Å². The molecular formula is C22H25ClN2O4S. The van der Waals surface area contributed by atoms with E-state index in [2.05, 4.69) is 10.6 Å². The third-order valence-corrected chi connectivity index (χ3v) is 6.55. The Morgan fingerprint density at radius 3 is 2.40 bits per heavy atom. The van der Waals surface area contributed by atoms with Crippen LogP contribution >= 0.6 is 22.9 Å². The van der Waals surface area contributed by atoms with E-state index in [0.29, 0.717) is 31.6 Å². The Labute approximate surface area is 185 Å². The zero-order valence-electron chi connectivity index (χ0n) is 17.0. The average molecular weight is 449 g/mol. The molecule has 30 heavy (non-hydrogen) atoms. The number of halogens is 1. The molecule has 0 unspecified atom stereocenters. The highest BCUT2D eigenvalue weighted by Crippen LogP contribution is 2.34. The lowest BCUT2D eigenvalue weighted by Gasteiger charge is -2.23. The van der Waals surface area contributed by atoms with Crippen molar-refractivity contribution in [1.82, 2.24) is 5.32 Å². The Morgan fingerprint density at radius 1 is 1.10 bits per heavy atom. The van der Waals surface area contributed by atoms with Gasteiger partial charge in [-0.25, -0.2) is 4.79 Å². The van der Waals surface area contributed by atoms with Gasteiger partial charge in [-0.05, 0) is 56.5 Å². The molecule has 8 heteroatoms. The van der Waals surface area contributed by atoms with Crippen molar-refractivity contribution >= 4 is 45.7 Å². The van der Waals surface area contributed by atoms with Crippen molar-refractivity contribution < 1.29 is 19.1 Å². The first-order valence-corrected chi connectivity index (χ1v) is 11.3. The number of carbonyl (C=O) groups is 3. The number of esters is 1. The van der Waals surface area contributed by atoms with Gasteiger partial charge >= 0.3 is 5.97 Å². The number of nitrogens with one attached hydrogen (secondary N) is 2. The molecule has 1 heterocycles. The Kier molecular flexibility index (Phi) is 7.50. The number of anilines is 1. The van der Waals surface area contributed by atoms with Crippen LogP contribution in [0.15, 0.2) is 24.3 Å². The molecule has 6 nitrogen and oxygen atoms in total. The van der Waals surface area contributed by atoms with Gasteiger partial charge in [-0.3, -0.25) is 9.59 Å². The van der Waals surface area contributed by atoms with Crippen molar-refractivity contribution in [1.29, 1.82) is 0 Å². The van der Waals surface area contributed by atoms with Crippen LogP contribution in [0.4, 0.5) is 5.00 Å². The third kappa shape index (κ3) is 5.21. The summed E-state index contributed by atoms with van der Waals surface area (Å²) in [4.78, 5) is 38.5. The molecule has 0 saturated heterocycles. The van der Waals surface area contributed by atoms with Crippen LogP contribution < -0.4 is 10.6 Å². The number of rotatable bonds is 6. The first kappa shape index (κ1) is 22.3. The second-order valence-electron chi connectivity index (χ2n) is 7.25. The minimum absolute atomic E-state index is 0.108. The van der Waals surface area contributed by atoms with E-state index in [-0.39, 0.29) is 24.5 Å². The van der Waals surface area contributed by atoms with Crippen LogP contribution in [0, 0.1) is 6.92 Å². The maximum absolute atomic E-state index is 13.1. The Morgan fingerprint density at radius 2 is 1.77 bits per heavy atom. The van der Waals surface area contributed by atoms with E-state index < -0.39 is 5.97 Å². The number of amides is 2. The van der Waals surface area contributed by atoms with Crippen LogP contribution in [0.5, 0.6) is 0 Å². The fourth-order valence-corrected chi connectivity index (χ4v) is 4.77. The molecule has 3 rings (SSSR count). The van der Waals surface area contributed by atoms with E-state index in [1.54, 1.807) is 38.1 Å². The zero-order chi connectivity index (χ0) is 21.7. The van der Waals surface area contributed by atoms with E-state index >= 15 is 0 Å². The van der Waals surface area contributed by atoms with E-state index in [1.165, 1.54) is 6.42 Å². The molecule has 2 aromatic rings. The van der Waals surface area contributed by atoms with E-state index in [0.717, 1.165) is 37.0 Å². The van der Waals surface area contributed by atoms with Crippen LogP contribution in [0.2, 0.25) is 5.02 Å². The lowest BCUT2D eigenvalue weighted by atomic mass is 9.95. The van der Waals surface area contributed by atoms with Crippen molar-refractivity contribution in [3.63, 3.8) is 0 Å². The van der Waals surface area contributed by atoms with Gasteiger partial charge in [-0.15, -0.1) is 11.3 Å². The Balaban J connectivity index is 1.90. The summed E-state index contributed by atoms with van der Waals surface area (Å²) >= 11 is 6.95. The summed E-state index contributed by atoms with van der Waals surface area (Å²) in [5.74, 6) is -1.16. The van der Waals surface area contributed by atoms with Crippen LogP contribution in [0.1, 0.15) is 75.0 Å². The van der Waals surface area contributed by atoms with Gasteiger partial charge in [0.05, 0.1) is 12.2 Å². The van der Waals surface area contributed by atoms with Gasteiger partial charge in [0, 0.05) is 16.6 Å². The topological polar surface area (TPSA) is 84.5 Å². The monoisotopic (exact) mass is 448 g/mol. The largest absolute Gasteiger partial charge is 0.462 e. The maximum atomic E-state index is 13.1. The number of benzene rings is 1. The van der Waals surface area contributed by atoms with Crippen LogP contribution in [0.25, 0.3) is 0 Å². The first-order valence-electron chi connectivity index (χ1n) is 10.1. The molecule has 1 fully saturated rings. The zero-order valence-corrected chi connectivity index (χ0v) is 18.6. The second-order valence-corrected chi connectivity index (χ2v) is 8.71. The van der Waals surface area contributed by atoms with E-state index in [9.17, 15) is 14.4 Å². The predicted molar refractivity (Wildman–Crippen MR) is 119 cm³/mol. The molecule has 1 saturated carbocycles. The molecule has 1 aromatic heterocycles. The molecule has 0 aliphatic heterocycles. The average Bonchev–Trinajstić information content (AvgIpc) is 3.05. The summed E-state index contributed by atoms with van der Waals surface area (Å²) in [6.45, 7) is 3.66. The highest BCUT2D eigenvalue weighted by Gasteiger charge is 2.28. The van der Waals surface area contributed by atoms with Crippen molar-refractivity contribution in [3.8, 4) is 0 Å². The van der Waals surface area contributed by atoms with Crippen molar-refractivity contribution in [2.45, 2.75) is 52.0 Å². The summed E-state index contributed by atoms with van der Waals surface area (Å²) in [5.41, 5.74) is 1.23. The molecule has 0 spiro atoms. The summed E-state index contributed by atoms with van der Waals surface area (Å²) in [5, 5.41) is 6.72. The lowest BCUT2D eigenvalue weighted by Crippen LogP contribution is -2.36. The number of hydrogen-bond acceptors (Lipinski definition) is 5. The van der Waals surface area contributed by atoms with Gasteiger partial charge in [-0.1, -0.05) is 30.9 Å². The summed E-state index contributed by atoms with van der Waals surface area (Å²) < 4.78 is 5.12. The van der Waals surface area contributed by atoms with Gasteiger partial charge < -0.3 is 15.4 Å². The minimum Gasteiger partial charge on any atom is -0.462 e. The fraction of sp³-hybridized carbons (Fsp3) is 0.409. The number of hydrogen-bond donors (Lipinski definition) is 2. The third-order valence-electron chi connectivity index (χ3n) is 5.11. The molecule has 2 N–H and O–H groups in total. The quantitative estimate of drug-likeness (QED) is 0.594. The van der Waals surface area contributed by atoms with Gasteiger partial charge in [0.1, 0.15) is 9.88 Å². The molecule has 0 radical (unpaired) electrons. The maximum Gasteiger partial charge on any atom is 0.348 e. The van der Waals surface area contributed by atoms with Gasteiger partial charge in [0.2, 0.25) is 0 Å². The fourth-order valence-electron chi connectivity index (χ4n) is 3.55. The molecule has 1 aromatic carbocycles. The van der Waals surface area contributed by atoms with E-state index in [1.807, 2.05) is 0 Å². The summed E-state index contributed by atoms with van der Waals surface area (Å²) in [6.07, 6.45) is 5.22. The normalized spacial score (nSPS) is 14.2. The van der Waals surface area contributed by atoms with Gasteiger partial charge in [-0.2, -0.15) is 0 Å². The van der Waals surface area contributed by atoms with Crippen molar-refractivity contribution in [3.05, 3.63) is 50.9 Å². The number of ether oxygens (including phenoxy) is 1. The number of thiophene rings is 1. The molecule has 1 aliphatic carbocycles. The SMILES string of the molecule is CCOC(=O)c1sc(NC(=O)c2ccc(Cl)cc2)c(C(=O)NC2CCCCC2)c1C. The van der Waals surface area contributed by atoms with Crippen LogP contribution in [-0.2, 0) is 4.74 Å². The second kappa shape index (κ2) is 10.1. The van der Waals surface area contributed by atoms with Crippen molar-refractivity contribution in [2.75, 3.05) is 11.9 Å². The molecular weight excluding hydrogens is 424 g/mol. The highest BCUT2D eigenvalue weighted by molar-refractivity contribution is 7.18. The predicted octanol–water partition coefficient (Wildman–Crippen LogP) is 5.20. The Bertz CT molecular complexity index is 933. The van der Waals surface area contributed by atoms with Crippen LogP contribution in [0.3, 0.4) is 0 Å². The molecule has 2 amide bonds. The standard InChI is InChI=1S/C22H25ClN2O4S/c1-3-29-22(28)18-13(2)17(20(27)24-16-7-5-4-6-8-16)21(30-18)25-19(26)14-9-11-15(23)12-10-14/h9-12,16H,3-8H2,1-2H3,(H,24,27)(H,25,26). The summed E-state index contributed by atoms with van der Waals surface area (Å²) in [6, 6.07) is 6.56. The molecule has 160 valence electrons. The smallest absolute Gasteiger partial charge is 0.348 e. The molecule has 1 aliphatic rings.